The number of ether oxygens (including phenoxy) is 1. The highest BCUT2D eigenvalue weighted by molar-refractivity contribution is 5.90. The zero-order valence-electron chi connectivity index (χ0n) is 12.3. The summed E-state index contributed by atoms with van der Waals surface area (Å²) in [5.41, 5.74) is 6.89. The molecule has 3 nitrogen and oxygen atoms in total. The minimum Gasteiger partial charge on any atom is -0.385 e. The molecule has 0 saturated carbocycles. The predicted octanol–water partition coefficient (Wildman–Crippen LogP) is 2.88. The van der Waals surface area contributed by atoms with Gasteiger partial charge in [0.2, 0.25) is 5.91 Å². The fourth-order valence-corrected chi connectivity index (χ4v) is 2.79. The van der Waals surface area contributed by atoms with Crippen molar-refractivity contribution in [3.8, 4) is 0 Å². The first kappa shape index (κ1) is 15.3. The van der Waals surface area contributed by atoms with Crippen molar-refractivity contribution in [1.29, 1.82) is 0 Å². The van der Waals surface area contributed by atoms with E-state index in [4.69, 9.17) is 10.5 Å². The molecule has 0 aromatic heterocycles. The van der Waals surface area contributed by atoms with Crippen LogP contribution in [0.1, 0.15) is 24.0 Å². The topological polar surface area (TPSA) is 52.3 Å². The summed E-state index contributed by atoms with van der Waals surface area (Å²) < 4.78 is 5.14. The smallest absolute Gasteiger partial charge is 0.232 e. The molecule has 2 rings (SSSR count). The summed E-state index contributed by atoms with van der Waals surface area (Å²) in [5.74, 6) is -0.323. The number of carbonyl (C=O) groups excluding carboxylic acids is 1. The van der Waals surface area contributed by atoms with Crippen LogP contribution in [-0.4, -0.2) is 19.6 Å². The van der Waals surface area contributed by atoms with Gasteiger partial charge in [-0.15, -0.1) is 0 Å². The molecule has 0 radical (unpaired) electrons. The van der Waals surface area contributed by atoms with Gasteiger partial charge in [-0.3, -0.25) is 4.79 Å². The van der Waals surface area contributed by atoms with E-state index in [0.717, 1.165) is 17.5 Å². The number of primary amides is 1. The third-order valence-corrected chi connectivity index (χ3v) is 3.85. The fourth-order valence-electron chi connectivity index (χ4n) is 2.79. The molecular formula is C18H21NO2. The van der Waals surface area contributed by atoms with Crippen LogP contribution in [0.2, 0.25) is 0 Å². The Morgan fingerprint density at radius 3 is 1.86 bits per heavy atom. The number of hydrogen-bond acceptors (Lipinski definition) is 2. The average Bonchev–Trinajstić information content (AvgIpc) is 2.53. The standard InChI is InChI=1S/C18H21NO2/c1-21-14-8-13-18(17(19)20,15-9-4-2-5-10-15)16-11-6-3-7-12-16/h2-7,9-12H,8,13-14H2,1H3,(H2,19,20). The lowest BCUT2D eigenvalue weighted by molar-refractivity contribution is -0.122. The summed E-state index contributed by atoms with van der Waals surface area (Å²) in [5, 5.41) is 0. The molecule has 0 spiro atoms. The summed E-state index contributed by atoms with van der Waals surface area (Å²) in [6.45, 7) is 0.606. The van der Waals surface area contributed by atoms with Crippen molar-refractivity contribution in [3.63, 3.8) is 0 Å². The molecule has 0 fully saturated rings. The molecule has 0 heterocycles. The molecule has 0 aliphatic heterocycles. The Hall–Kier alpha value is -2.13. The van der Waals surface area contributed by atoms with Gasteiger partial charge in [0.05, 0.1) is 5.41 Å². The lowest BCUT2D eigenvalue weighted by atomic mass is 9.71. The van der Waals surface area contributed by atoms with E-state index < -0.39 is 5.41 Å². The lowest BCUT2D eigenvalue weighted by Gasteiger charge is -2.32. The maximum atomic E-state index is 12.4. The third-order valence-electron chi connectivity index (χ3n) is 3.85. The highest BCUT2D eigenvalue weighted by Crippen LogP contribution is 2.36. The Balaban J connectivity index is 2.52. The Kier molecular flexibility index (Phi) is 5.12. The van der Waals surface area contributed by atoms with Gasteiger partial charge in [-0.05, 0) is 24.0 Å². The molecular weight excluding hydrogens is 262 g/mol. The van der Waals surface area contributed by atoms with E-state index >= 15 is 0 Å². The minimum atomic E-state index is -0.805. The van der Waals surface area contributed by atoms with Gasteiger partial charge in [0.15, 0.2) is 0 Å². The highest BCUT2D eigenvalue weighted by atomic mass is 16.5. The van der Waals surface area contributed by atoms with Crippen LogP contribution in [0.5, 0.6) is 0 Å². The van der Waals surface area contributed by atoms with Crippen LogP contribution in [0.25, 0.3) is 0 Å². The zero-order valence-corrected chi connectivity index (χ0v) is 12.3. The lowest BCUT2D eigenvalue weighted by Crippen LogP contribution is -2.42. The molecule has 2 aromatic carbocycles. The molecule has 21 heavy (non-hydrogen) atoms. The highest BCUT2D eigenvalue weighted by Gasteiger charge is 2.39. The molecule has 0 aliphatic rings. The van der Waals surface area contributed by atoms with Gasteiger partial charge in [0.1, 0.15) is 0 Å². The number of amides is 1. The van der Waals surface area contributed by atoms with E-state index in [1.54, 1.807) is 7.11 Å². The summed E-state index contributed by atoms with van der Waals surface area (Å²) in [7, 11) is 1.66. The van der Waals surface area contributed by atoms with Gasteiger partial charge >= 0.3 is 0 Å². The minimum absolute atomic E-state index is 0.323. The van der Waals surface area contributed by atoms with Crippen molar-refractivity contribution < 1.29 is 9.53 Å². The largest absolute Gasteiger partial charge is 0.385 e. The summed E-state index contributed by atoms with van der Waals surface area (Å²) >= 11 is 0. The van der Waals surface area contributed by atoms with Gasteiger partial charge in [-0.1, -0.05) is 60.7 Å². The average molecular weight is 283 g/mol. The van der Waals surface area contributed by atoms with Crippen molar-refractivity contribution in [1.82, 2.24) is 0 Å². The number of rotatable bonds is 7. The van der Waals surface area contributed by atoms with Crippen LogP contribution in [0.4, 0.5) is 0 Å². The first-order valence-electron chi connectivity index (χ1n) is 7.11. The number of carbonyl (C=O) groups is 1. The van der Waals surface area contributed by atoms with E-state index in [1.807, 2.05) is 60.7 Å². The number of methoxy groups -OCH3 is 1. The molecule has 0 unspecified atom stereocenters. The second kappa shape index (κ2) is 7.04. The molecule has 110 valence electrons. The molecule has 0 bridgehead atoms. The molecule has 2 N–H and O–H groups in total. The summed E-state index contributed by atoms with van der Waals surface area (Å²) in [4.78, 5) is 12.4. The van der Waals surface area contributed by atoms with Crippen molar-refractivity contribution in [2.24, 2.45) is 5.73 Å². The van der Waals surface area contributed by atoms with Gasteiger partial charge in [-0.2, -0.15) is 0 Å². The second-order valence-electron chi connectivity index (χ2n) is 5.10. The number of nitrogens with two attached hydrogens (primary N) is 1. The van der Waals surface area contributed by atoms with E-state index in [0.29, 0.717) is 13.0 Å². The second-order valence-corrected chi connectivity index (χ2v) is 5.10. The molecule has 0 saturated heterocycles. The van der Waals surface area contributed by atoms with E-state index in [-0.39, 0.29) is 5.91 Å². The van der Waals surface area contributed by atoms with Crippen molar-refractivity contribution >= 4 is 5.91 Å². The monoisotopic (exact) mass is 283 g/mol. The number of benzene rings is 2. The van der Waals surface area contributed by atoms with Crippen LogP contribution in [-0.2, 0) is 14.9 Å². The summed E-state index contributed by atoms with van der Waals surface area (Å²) in [6, 6.07) is 19.5. The zero-order chi connectivity index (χ0) is 15.1. The molecule has 0 atom stereocenters. The Labute approximate surface area is 125 Å². The molecule has 0 aliphatic carbocycles. The van der Waals surface area contributed by atoms with E-state index in [9.17, 15) is 4.79 Å². The van der Waals surface area contributed by atoms with E-state index in [2.05, 4.69) is 0 Å². The first-order valence-corrected chi connectivity index (χ1v) is 7.11. The Morgan fingerprint density at radius 2 is 1.48 bits per heavy atom. The molecule has 2 aromatic rings. The quantitative estimate of drug-likeness (QED) is 0.794. The van der Waals surface area contributed by atoms with Crippen LogP contribution in [0, 0.1) is 0 Å². The van der Waals surface area contributed by atoms with Crippen LogP contribution in [0.3, 0.4) is 0 Å². The van der Waals surface area contributed by atoms with Gasteiger partial charge < -0.3 is 10.5 Å². The van der Waals surface area contributed by atoms with Crippen LogP contribution >= 0.6 is 0 Å². The van der Waals surface area contributed by atoms with Gasteiger partial charge in [0, 0.05) is 13.7 Å². The van der Waals surface area contributed by atoms with Gasteiger partial charge in [0.25, 0.3) is 0 Å². The van der Waals surface area contributed by atoms with Crippen molar-refractivity contribution in [2.75, 3.05) is 13.7 Å². The Morgan fingerprint density at radius 1 is 1.00 bits per heavy atom. The van der Waals surface area contributed by atoms with Gasteiger partial charge in [-0.25, -0.2) is 0 Å². The maximum absolute atomic E-state index is 12.4. The number of hydrogen-bond donors (Lipinski definition) is 1. The summed E-state index contributed by atoms with van der Waals surface area (Å²) in [6.07, 6.45) is 1.40. The van der Waals surface area contributed by atoms with Crippen LogP contribution in [0.15, 0.2) is 60.7 Å². The Bertz CT molecular complexity index is 527. The van der Waals surface area contributed by atoms with E-state index in [1.165, 1.54) is 0 Å². The van der Waals surface area contributed by atoms with Crippen molar-refractivity contribution in [3.05, 3.63) is 71.8 Å². The first-order chi connectivity index (χ1) is 10.2. The predicted molar refractivity (Wildman–Crippen MR) is 84.0 cm³/mol. The maximum Gasteiger partial charge on any atom is 0.232 e. The van der Waals surface area contributed by atoms with Crippen LogP contribution < -0.4 is 5.73 Å². The third kappa shape index (κ3) is 3.14. The normalized spacial score (nSPS) is 11.3. The fraction of sp³-hybridized carbons (Fsp3) is 0.278. The molecule has 3 heteroatoms. The molecule has 1 amide bonds. The SMILES string of the molecule is COCCCC(C(N)=O)(c1ccccc1)c1ccccc1. The van der Waals surface area contributed by atoms with Crippen molar-refractivity contribution in [2.45, 2.75) is 18.3 Å².